The van der Waals surface area contributed by atoms with Crippen molar-refractivity contribution in [2.24, 2.45) is 17.8 Å². The number of ether oxygens (including phenoxy) is 1. The van der Waals surface area contributed by atoms with Crippen LogP contribution < -0.4 is 0 Å². The molecule has 0 unspecified atom stereocenters. The molecule has 0 aromatic heterocycles. The minimum absolute atomic E-state index is 0.220. The van der Waals surface area contributed by atoms with Crippen LogP contribution in [0.4, 0.5) is 0 Å². The summed E-state index contributed by atoms with van der Waals surface area (Å²) in [7, 11) is 1.42. The third-order valence-corrected chi connectivity index (χ3v) is 3.47. The molecule has 2 aliphatic carbocycles. The fraction of sp³-hybridized carbons (Fsp3) is 0.727. The minimum Gasteiger partial charge on any atom is -0.466 e. The lowest BCUT2D eigenvalue weighted by molar-refractivity contribution is -0.134. The number of hydrogen-bond donors (Lipinski definition) is 0. The van der Waals surface area contributed by atoms with Gasteiger partial charge < -0.3 is 4.74 Å². The van der Waals surface area contributed by atoms with Gasteiger partial charge in [-0.15, -0.1) is 0 Å². The third kappa shape index (κ3) is 1.77. The number of rotatable bonds is 2. The summed E-state index contributed by atoms with van der Waals surface area (Å²) < 4.78 is 4.56. The molecular formula is C11H16O2. The largest absolute Gasteiger partial charge is 0.466 e. The molecule has 13 heavy (non-hydrogen) atoms. The van der Waals surface area contributed by atoms with Crippen LogP contribution in [0.2, 0.25) is 0 Å². The summed E-state index contributed by atoms with van der Waals surface area (Å²) in [5.41, 5.74) is 0. The zero-order valence-corrected chi connectivity index (χ0v) is 8.03. The Balaban J connectivity index is 1.89. The maximum Gasteiger partial charge on any atom is 0.330 e. The van der Waals surface area contributed by atoms with Crippen LogP contribution in [0.15, 0.2) is 12.2 Å². The molecule has 2 nitrogen and oxygen atoms in total. The van der Waals surface area contributed by atoms with E-state index in [1.54, 1.807) is 6.08 Å². The highest BCUT2D eigenvalue weighted by molar-refractivity contribution is 5.81. The predicted molar refractivity (Wildman–Crippen MR) is 50.1 cm³/mol. The molecule has 0 radical (unpaired) electrons. The van der Waals surface area contributed by atoms with Gasteiger partial charge in [0, 0.05) is 6.08 Å². The molecule has 0 saturated heterocycles. The van der Waals surface area contributed by atoms with E-state index in [2.05, 4.69) is 10.8 Å². The summed E-state index contributed by atoms with van der Waals surface area (Å²) in [4.78, 5) is 10.9. The highest BCUT2D eigenvalue weighted by Crippen LogP contribution is 2.48. The Morgan fingerprint density at radius 1 is 1.38 bits per heavy atom. The molecule has 2 bridgehead atoms. The van der Waals surface area contributed by atoms with Crippen molar-refractivity contribution in [2.75, 3.05) is 7.11 Å². The first-order chi connectivity index (χ1) is 6.29. The van der Waals surface area contributed by atoms with Crippen molar-refractivity contribution in [1.29, 1.82) is 0 Å². The molecule has 0 aromatic carbocycles. The molecule has 0 spiro atoms. The topological polar surface area (TPSA) is 26.3 Å². The van der Waals surface area contributed by atoms with Crippen molar-refractivity contribution in [2.45, 2.75) is 25.7 Å². The van der Waals surface area contributed by atoms with E-state index in [0.29, 0.717) is 5.92 Å². The van der Waals surface area contributed by atoms with E-state index >= 15 is 0 Å². The van der Waals surface area contributed by atoms with Gasteiger partial charge in [-0.2, -0.15) is 0 Å². The van der Waals surface area contributed by atoms with Crippen LogP contribution in [0.5, 0.6) is 0 Å². The van der Waals surface area contributed by atoms with E-state index < -0.39 is 0 Å². The Kier molecular flexibility index (Phi) is 2.38. The molecule has 2 aliphatic rings. The first-order valence-electron chi connectivity index (χ1n) is 5.05. The van der Waals surface area contributed by atoms with E-state index in [-0.39, 0.29) is 5.97 Å². The van der Waals surface area contributed by atoms with Crippen molar-refractivity contribution < 1.29 is 9.53 Å². The van der Waals surface area contributed by atoms with Crippen LogP contribution in [0.25, 0.3) is 0 Å². The normalized spacial score (nSPS) is 37.2. The number of allylic oxidation sites excluding steroid dienone is 1. The van der Waals surface area contributed by atoms with Crippen LogP contribution in [0.3, 0.4) is 0 Å². The summed E-state index contributed by atoms with van der Waals surface area (Å²) in [6.07, 6.45) is 9.09. The molecule has 0 amide bonds. The molecular weight excluding hydrogens is 164 g/mol. The highest BCUT2D eigenvalue weighted by Gasteiger charge is 2.37. The van der Waals surface area contributed by atoms with E-state index in [0.717, 1.165) is 11.8 Å². The Morgan fingerprint density at radius 2 is 2.23 bits per heavy atom. The SMILES string of the molecule is COC(=O)/C=C/[C@@H]1C[C@@H]2CC[C@H]1C2. The van der Waals surface area contributed by atoms with E-state index in [4.69, 9.17) is 0 Å². The van der Waals surface area contributed by atoms with Crippen molar-refractivity contribution >= 4 is 5.97 Å². The van der Waals surface area contributed by atoms with Gasteiger partial charge in [-0.1, -0.05) is 12.5 Å². The second-order valence-electron chi connectivity index (χ2n) is 4.22. The minimum atomic E-state index is -0.220. The molecule has 0 N–H and O–H groups in total. The molecule has 2 fully saturated rings. The maximum absolute atomic E-state index is 10.9. The van der Waals surface area contributed by atoms with Crippen LogP contribution in [0.1, 0.15) is 25.7 Å². The fourth-order valence-corrected chi connectivity index (χ4v) is 2.80. The molecule has 2 heteroatoms. The summed E-state index contributed by atoms with van der Waals surface area (Å²) in [6.45, 7) is 0. The average molecular weight is 180 g/mol. The average Bonchev–Trinajstić information content (AvgIpc) is 2.74. The number of carbonyl (C=O) groups excluding carboxylic acids is 1. The second kappa shape index (κ2) is 3.52. The predicted octanol–water partition coefficient (Wildman–Crippen LogP) is 2.15. The van der Waals surface area contributed by atoms with Gasteiger partial charge >= 0.3 is 5.97 Å². The fourth-order valence-electron chi connectivity index (χ4n) is 2.80. The van der Waals surface area contributed by atoms with E-state index in [9.17, 15) is 4.79 Å². The van der Waals surface area contributed by atoms with Gasteiger partial charge in [0.2, 0.25) is 0 Å². The lowest BCUT2D eigenvalue weighted by atomic mass is 9.89. The van der Waals surface area contributed by atoms with Crippen molar-refractivity contribution in [3.8, 4) is 0 Å². The van der Waals surface area contributed by atoms with Gasteiger partial charge in [0.1, 0.15) is 0 Å². The van der Waals surface area contributed by atoms with E-state index in [1.165, 1.54) is 32.8 Å². The van der Waals surface area contributed by atoms with Crippen molar-refractivity contribution in [3.63, 3.8) is 0 Å². The van der Waals surface area contributed by atoms with Gasteiger partial charge in [-0.25, -0.2) is 4.79 Å². The molecule has 0 aliphatic heterocycles. The Hall–Kier alpha value is -0.790. The summed E-state index contributed by atoms with van der Waals surface area (Å²) in [5.74, 6) is 2.23. The molecule has 3 atom stereocenters. The van der Waals surface area contributed by atoms with Gasteiger partial charge in [0.15, 0.2) is 0 Å². The molecule has 2 rings (SSSR count). The molecule has 2 saturated carbocycles. The second-order valence-corrected chi connectivity index (χ2v) is 4.22. The van der Waals surface area contributed by atoms with Gasteiger partial charge in [0.25, 0.3) is 0 Å². The standard InChI is InChI=1S/C11H16O2/c1-13-11(12)5-4-10-7-8-2-3-9(10)6-8/h4-5,8-10H,2-3,6-7H2,1H3/b5-4+/t8-,9+,10-/m1/s1. The number of carbonyl (C=O) groups is 1. The molecule has 0 heterocycles. The summed E-state index contributed by atoms with van der Waals surface area (Å²) in [6, 6.07) is 0. The van der Waals surface area contributed by atoms with Crippen LogP contribution in [-0.2, 0) is 9.53 Å². The summed E-state index contributed by atoms with van der Waals surface area (Å²) in [5, 5.41) is 0. The van der Waals surface area contributed by atoms with Crippen molar-refractivity contribution in [3.05, 3.63) is 12.2 Å². The zero-order chi connectivity index (χ0) is 9.26. The maximum atomic E-state index is 10.9. The van der Waals surface area contributed by atoms with Gasteiger partial charge in [-0.05, 0) is 37.0 Å². The first kappa shape index (κ1) is 8.79. The smallest absolute Gasteiger partial charge is 0.330 e. The monoisotopic (exact) mass is 180 g/mol. The Morgan fingerprint density at radius 3 is 2.77 bits per heavy atom. The van der Waals surface area contributed by atoms with Gasteiger partial charge in [0.05, 0.1) is 7.11 Å². The lowest BCUT2D eigenvalue weighted by Crippen LogP contribution is -2.08. The number of methoxy groups -OCH3 is 1. The quantitative estimate of drug-likeness (QED) is 0.481. The zero-order valence-electron chi connectivity index (χ0n) is 8.03. The van der Waals surface area contributed by atoms with Crippen LogP contribution >= 0.6 is 0 Å². The number of hydrogen-bond acceptors (Lipinski definition) is 2. The number of fused-ring (bicyclic) bond motifs is 2. The summed E-state index contributed by atoms with van der Waals surface area (Å²) >= 11 is 0. The third-order valence-electron chi connectivity index (χ3n) is 3.47. The highest BCUT2D eigenvalue weighted by atomic mass is 16.5. The van der Waals surface area contributed by atoms with Crippen molar-refractivity contribution in [1.82, 2.24) is 0 Å². The van der Waals surface area contributed by atoms with Crippen LogP contribution in [0, 0.1) is 17.8 Å². The number of esters is 1. The lowest BCUT2D eigenvalue weighted by Gasteiger charge is -2.17. The van der Waals surface area contributed by atoms with E-state index in [1.807, 2.05) is 0 Å². The molecule has 0 aromatic rings. The van der Waals surface area contributed by atoms with Crippen LogP contribution in [-0.4, -0.2) is 13.1 Å². The Labute approximate surface area is 79.0 Å². The van der Waals surface area contributed by atoms with Gasteiger partial charge in [-0.3, -0.25) is 0 Å². The Bertz CT molecular complexity index is 232. The first-order valence-corrected chi connectivity index (χ1v) is 5.05. The molecule has 72 valence electrons.